The van der Waals surface area contributed by atoms with E-state index in [1.165, 1.54) is 0 Å². The van der Waals surface area contributed by atoms with Crippen molar-refractivity contribution >= 4 is 23.0 Å². The Morgan fingerprint density at radius 2 is 1.78 bits per heavy atom. The zero-order chi connectivity index (χ0) is 13.6. The zero-order valence-corrected chi connectivity index (χ0v) is 12.7. The Kier molecular flexibility index (Phi) is 3.57. The molecule has 0 aromatic carbocycles. The minimum absolute atomic E-state index is 0.374. The fourth-order valence-corrected chi connectivity index (χ4v) is 2.14. The molecule has 1 saturated heterocycles. The molecule has 0 bridgehead atoms. The van der Waals surface area contributed by atoms with Crippen LogP contribution in [0.25, 0.3) is 0 Å². The van der Waals surface area contributed by atoms with E-state index >= 15 is 0 Å². The number of hydrogen-bond acceptors (Lipinski definition) is 4. The molecule has 2 N–H and O–H groups in total. The second-order valence-corrected chi connectivity index (χ2v) is 6.35. The van der Waals surface area contributed by atoms with Crippen molar-refractivity contribution in [3.63, 3.8) is 0 Å². The Morgan fingerprint density at radius 3 is 2.28 bits per heavy atom. The molecule has 1 aliphatic rings. The van der Waals surface area contributed by atoms with Gasteiger partial charge in [-0.2, -0.15) is 0 Å². The maximum Gasteiger partial charge on any atom is 0.482 e. The molecule has 0 radical (unpaired) electrons. The van der Waals surface area contributed by atoms with Gasteiger partial charge in [-0.05, 0) is 55.8 Å². The van der Waals surface area contributed by atoms with Gasteiger partial charge < -0.3 is 15.0 Å². The first-order valence-electron chi connectivity index (χ1n) is 5.97. The van der Waals surface area contributed by atoms with Crippen molar-refractivity contribution in [3.05, 3.63) is 28.5 Å². The SMILES string of the molecule is CC1(C)OB([C@@H](N)c2cccc(Br)n2)OC1(C)C. The summed E-state index contributed by atoms with van der Waals surface area (Å²) in [4.78, 5) is 4.34. The van der Waals surface area contributed by atoms with Crippen LogP contribution in [-0.2, 0) is 9.31 Å². The Hall–Kier alpha value is -0.425. The van der Waals surface area contributed by atoms with Gasteiger partial charge in [0.25, 0.3) is 0 Å². The van der Waals surface area contributed by atoms with Gasteiger partial charge in [-0.1, -0.05) is 6.07 Å². The highest BCUT2D eigenvalue weighted by Crippen LogP contribution is 2.39. The molecule has 0 amide bonds. The number of rotatable bonds is 2. The molecule has 2 heterocycles. The smallest absolute Gasteiger partial charge is 0.402 e. The highest BCUT2D eigenvalue weighted by molar-refractivity contribution is 9.10. The van der Waals surface area contributed by atoms with Gasteiger partial charge in [-0.3, -0.25) is 0 Å². The van der Waals surface area contributed by atoms with E-state index in [0.717, 1.165) is 10.3 Å². The lowest BCUT2D eigenvalue weighted by atomic mass is 9.77. The first-order valence-corrected chi connectivity index (χ1v) is 6.76. The summed E-state index contributed by atoms with van der Waals surface area (Å²) < 4.78 is 12.6. The minimum Gasteiger partial charge on any atom is -0.402 e. The fourth-order valence-electron chi connectivity index (χ4n) is 1.78. The summed E-state index contributed by atoms with van der Waals surface area (Å²) in [5.74, 6) is -0.399. The highest BCUT2D eigenvalue weighted by atomic mass is 79.9. The fraction of sp³-hybridized carbons (Fsp3) is 0.583. The summed E-state index contributed by atoms with van der Waals surface area (Å²) in [5, 5.41) is 0. The van der Waals surface area contributed by atoms with Crippen molar-refractivity contribution in [2.24, 2.45) is 5.73 Å². The van der Waals surface area contributed by atoms with Crippen molar-refractivity contribution in [2.45, 2.75) is 44.8 Å². The highest BCUT2D eigenvalue weighted by Gasteiger charge is 2.53. The van der Waals surface area contributed by atoms with Crippen molar-refractivity contribution in [2.75, 3.05) is 0 Å². The third kappa shape index (κ3) is 2.47. The van der Waals surface area contributed by atoms with Gasteiger partial charge in [0.1, 0.15) is 4.60 Å². The number of aromatic nitrogens is 1. The van der Waals surface area contributed by atoms with E-state index in [4.69, 9.17) is 15.0 Å². The van der Waals surface area contributed by atoms with Gasteiger partial charge in [-0.15, -0.1) is 0 Å². The monoisotopic (exact) mass is 312 g/mol. The second kappa shape index (κ2) is 4.60. The number of pyridine rings is 1. The van der Waals surface area contributed by atoms with E-state index in [9.17, 15) is 0 Å². The molecule has 6 heteroatoms. The molecule has 0 spiro atoms. The quantitative estimate of drug-likeness (QED) is 0.673. The predicted octanol–water partition coefficient (Wildman–Crippen LogP) is 2.48. The van der Waals surface area contributed by atoms with E-state index < -0.39 is 13.1 Å². The molecule has 0 unspecified atom stereocenters. The summed E-state index contributed by atoms with van der Waals surface area (Å²) in [5.41, 5.74) is 6.18. The Bertz CT molecular complexity index is 437. The van der Waals surface area contributed by atoms with Crippen LogP contribution in [0.2, 0.25) is 0 Å². The van der Waals surface area contributed by atoms with E-state index in [2.05, 4.69) is 20.9 Å². The summed E-state index contributed by atoms with van der Waals surface area (Å²) >= 11 is 3.34. The molecular formula is C12H18BBrN2O2. The minimum atomic E-state index is -0.475. The van der Waals surface area contributed by atoms with E-state index in [0.29, 0.717) is 0 Å². The molecule has 1 aliphatic heterocycles. The van der Waals surface area contributed by atoms with Gasteiger partial charge in [0.05, 0.1) is 22.8 Å². The van der Waals surface area contributed by atoms with Crippen LogP contribution in [0, 0.1) is 0 Å². The van der Waals surface area contributed by atoms with E-state index in [1.54, 1.807) is 0 Å². The molecule has 0 aliphatic carbocycles. The van der Waals surface area contributed by atoms with Gasteiger partial charge in [0, 0.05) is 0 Å². The summed E-state index contributed by atoms with van der Waals surface area (Å²) in [6, 6.07) is 5.64. The molecule has 1 fully saturated rings. The van der Waals surface area contributed by atoms with Gasteiger partial charge in [-0.25, -0.2) is 4.98 Å². The molecular weight excluding hydrogens is 295 g/mol. The van der Waals surface area contributed by atoms with Crippen LogP contribution in [-0.4, -0.2) is 23.3 Å². The maximum atomic E-state index is 6.18. The largest absolute Gasteiger partial charge is 0.482 e. The zero-order valence-electron chi connectivity index (χ0n) is 11.1. The molecule has 1 aromatic heterocycles. The topological polar surface area (TPSA) is 57.4 Å². The second-order valence-electron chi connectivity index (χ2n) is 5.54. The first kappa shape index (κ1) is 14.0. The van der Waals surface area contributed by atoms with Crippen molar-refractivity contribution in [1.82, 2.24) is 4.98 Å². The van der Waals surface area contributed by atoms with Crippen LogP contribution in [0.1, 0.15) is 39.3 Å². The molecule has 4 nitrogen and oxygen atoms in total. The lowest BCUT2D eigenvalue weighted by Gasteiger charge is -2.32. The van der Waals surface area contributed by atoms with Crippen LogP contribution in [0.3, 0.4) is 0 Å². The summed E-state index contributed by atoms with van der Waals surface area (Å²) in [7, 11) is -0.475. The predicted molar refractivity (Wildman–Crippen MR) is 74.9 cm³/mol. The lowest BCUT2D eigenvalue weighted by Crippen LogP contribution is -2.41. The standard InChI is InChI=1S/C12H18BBrN2O2/c1-11(2)12(3,4)18-13(17-11)10(15)8-6-5-7-9(14)16-8/h5-7,10H,15H2,1-4H3/t10-/m0/s1. The molecule has 98 valence electrons. The third-order valence-corrected chi connectivity index (χ3v) is 4.08. The van der Waals surface area contributed by atoms with Crippen molar-refractivity contribution in [1.29, 1.82) is 0 Å². The van der Waals surface area contributed by atoms with E-state index in [1.807, 2.05) is 45.9 Å². The molecule has 0 saturated carbocycles. The van der Waals surface area contributed by atoms with Crippen LogP contribution in [0.5, 0.6) is 0 Å². The van der Waals surface area contributed by atoms with Crippen molar-refractivity contribution in [3.8, 4) is 0 Å². The number of hydrogen-bond donors (Lipinski definition) is 1. The lowest BCUT2D eigenvalue weighted by molar-refractivity contribution is 0.00578. The molecule has 1 atom stereocenters. The average Bonchev–Trinajstić information content (AvgIpc) is 2.47. The number of nitrogens with two attached hydrogens (primary N) is 1. The summed E-state index contributed by atoms with van der Waals surface area (Å²) in [6.45, 7) is 8.03. The number of halogens is 1. The normalized spacial score (nSPS) is 23.1. The van der Waals surface area contributed by atoms with Crippen molar-refractivity contribution < 1.29 is 9.31 Å². The van der Waals surface area contributed by atoms with Crippen LogP contribution < -0.4 is 5.73 Å². The first-order chi connectivity index (χ1) is 8.23. The third-order valence-electron chi connectivity index (χ3n) is 3.64. The maximum absolute atomic E-state index is 6.18. The van der Waals surface area contributed by atoms with Crippen LogP contribution in [0.15, 0.2) is 22.8 Å². The van der Waals surface area contributed by atoms with E-state index in [-0.39, 0.29) is 11.2 Å². The Labute approximate surface area is 117 Å². The van der Waals surface area contributed by atoms with Crippen LogP contribution >= 0.6 is 15.9 Å². The van der Waals surface area contributed by atoms with Gasteiger partial charge in [0.15, 0.2) is 0 Å². The van der Waals surface area contributed by atoms with Crippen LogP contribution in [0.4, 0.5) is 0 Å². The molecule has 2 rings (SSSR count). The van der Waals surface area contributed by atoms with Gasteiger partial charge >= 0.3 is 7.12 Å². The van der Waals surface area contributed by atoms with Gasteiger partial charge in [0.2, 0.25) is 0 Å². The summed E-state index contributed by atoms with van der Waals surface area (Å²) in [6.07, 6.45) is 0. The Morgan fingerprint density at radius 1 is 1.22 bits per heavy atom. The Balaban J connectivity index is 2.20. The average molecular weight is 313 g/mol. The molecule has 1 aromatic rings. The number of nitrogens with zero attached hydrogens (tertiary/aromatic N) is 1. The molecule has 18 heavy (non-hydrogen) atoms.